The van der Waals surface area contributed by atoms with Gasteiger partial charge < -0.3 is 5.32 Å². The summed E-state index contributed by atoms with van der Waals surface area (Å²) in [5.41, 5.74) is 3.53. The predicted octanol–water partition coefficient (Wildman–Crippen LogP) is 4.00. The highest BCUT2D eigenvalue weighted by Gasteiger charge is 2.08. The Hall–Kier alpha value is -1.19. The third kappa shape index (κ3) is 3.40. The van der Waals surface area contributed by atoms with Crippen molar-refractivity contribution in [3.8, 4) is 0 Å². The molecule has 0 saturated carbocycles. The monoisotopic (exact) mass is 304 g/mol. The topological polar surface area (TPSA) is 24.9 Å². The van der Waals surface area contributed by atoms with Crippen LogP contribution in [0.15, 0.2) is 47.1 Å². The number of halogens is 1. The smallest absolute Gasteiger partial charge is 0.0542 e. The number of nitrogens with one attached hydrogen (secondary N) is 1. The van der Waals surface area contributed by atoms with Crippen LogP contribution in [0.5, 0.6) is 0 Å². The van der Waals surface area contributed by atoms with Crippen molar-refractivity contribution in [3.63, 3.8) is 0 Å². The van der Waals surface area contributed by atoms with Crippen LogP contribution in [0.2, 0.25) is 0 Å². The zero-order valence-electron chi connectivity index (χ0n) is 10.7. The number of benzene rings is 1. The molecule has 0 fully saturated rings. The number of hydrogen-bond donors (Lipinski definition) is 1. The van der Waals surface area contributed by atoms with Crippen molar-refractivity contribution in [3.05, 3.63) is 63.9 Å². The third-order valence-electron chi connectivity index (χ3n) is 2.93. The summed E-state index contributed by atoms with van der Waals surface area (Å²) in [6, 6.07) is 12.7. The van der Waals surface area contributed by atoms with Gasteiger partial charge >= 0.3 is 0 Å². The van der Waals surface area contributed by atoms with Gasteiger partial charge in [0.1, 0.15) is 0 Å². The molecule has 0 bridgehead atoms. The second-order valence-electron chi connectivity index (χ2n) is 4.45. The van der Waals surface area contributed by atoms with Crippen molar-refractivity contribution < 1.29 is 0 Å². The van der Waals surface area contributed by atoms with Crippen molar-refractivity contribution in [2.75, 3.05) is 0 Å². The molecule has 1 aromatic carbocycles. The molecule has 3 heteroatoms. The summed E-state index contributed by atoms with van der Waals surface area (Å²) in [4.78, 5) is 4.39. The van der Waals surface area contributed by atoms with E-state index in [9.17, 15) is 0 Å². The first-order valence-electron chi connectivity index (χ1n) is 6.06. The lowest BCUT2D eigenvalue weighted by Gasteiger charge is -2.15. The fraction of sp³-hybridized carbons (Fsp3) is 0.267. The average Bonchev–Trinajstić information content (AvgIpc) is 2.38. The molecule has 0 aliphatic carbocycles. The van der Waals surface area contributed by atoms with Crippen molar-refractivity contribution in [1.82, 2.24) is 10.3 Å². The molecule has 18 heavy (non-hydrogen) atoms. The molecule has 2 rings (SSSR count). The SMILES string of the molecule is Cc1ccc(CNC(C)c2ccccc2Br)nc1. The summed E-state index contributed by atoms with van der Waals surface area (Å²) in [5.74, 6) is 0. The summed E-state index contributed by atoms with van der Waals surface area (Å²) in [6.45, 7) is 4.99. The van der Waals surface area contributed by atoms with Crippen LogP contribution in [-0.4, -0.2) is 4.98 Å². The predicted molar refractivity (Wildman–Crippen MR) is 78.4 cm³/mol. The largest absolute Gasteiger partial charge is 0.305 e. The van der Waals surface area contributed by atoms with Crippen molar-refractivity contribution in [1.29, 1.82) is 0 Å². The van der Waals surface area contributed by atoms with Gasteiger partial charge in [0.2, 0.25) is 0 Å². The second-order valence-corrected chi connectivity index (χ2v) is 5.31. The molecule has 1 heterocycles. The standard InChI is InChI=1S/C15H17BrN2/c1-11-7-8-13(18-9-11)10-17-12(2)14-5-3-4-6-15(14)16/h3-9,12,17H,10H2,1-2H3. The van der Waals surface area contributed by atoms with Gasteiger partial charge in [-0.3, -0.25) is 4.98 Å². The van der Waals surface area contributed by atoms with Gasteiger partial charge in [0.25, 0.3) is 0 Å². The molecule has 1 aromatic heterocycles. The maximum Gasteiger partial charge on any atom is 0.0542 e. The molecule has 0 radical (unpaired) electrons. The van der Waals surface area contributed by atoms with E-state index in [0.29, 0.717) is 6.04 Å². The van der Waals surface area contributed by atoms with Crippen LogP contribution >= 0.6 is 15.9 Å². The van der Waals surface area contributed by atoms with Crippen LogP contribution in [0.25, 0.3) is 0 Å². The first-order valence-corrected chi connectivity index (χ1v) is 6.85. The Morgan fingerprint density at radius 1 is 1.22 bits per heavy atom. The molecule has 1 unspecified atom stereocenters. The first-order chi connectivity index (χ1) is 8.66. The molecular weight excluding hydrogens is 288 g/mol. The van der Waals surface area contributed by atoms with Gasteiger partial charge in [0.05, 0.1) is 5.69 Å². The highest BCUT2D eigenvalue weighted by molar-refractivity contribution is 9.10. The summed E-state index contributed by atoms with van der Waals surface area (Å²) < 4.78 is 1.14. The molecule has 1 atom stereocenters. The maximum atomic E-state index is 4.39. The minimum atomic E-state index is 0.295. The van der Waals surface area contributed by atoms with Crippen LogP contribution in [0.3, 0.4) is 0 Å². The molecule has 0 spiro atoms. The molecule has 0 saturated heterocycles. The minimum Gasteiger partial charge on any atom is -0.305 e. The highest BCUT2D eigenvalue weighted by atomic mass is 79.9. The van der Waals surface area contributed by atoms with E-state index in [0.717, 1.165) is 16.7 Å². The number of rotatable bonds is 4. The highest BCUT2D eigenvalue weighted by Crippen LogP contribution is 2.22. The molecule has 94 valence electrons. The lowest BCUT2D eigenvalue weighted by Crippen LogP contribution is -2.19. The Labute approximate surface area is 117 Å². The lowest BCUT2D eigenvalue weighted by atomic mass is 10.1. The van der Waals surface area contributed by atoms with Gasteiger partial charge in [0.15, 0.2) is 0 Å². The summed E-state index contributed by atoms with van der Waals surface area (Å²) >= 11 is 3.58. The van der Waals surface area contributed by atoms with Crippen molar-refractivity contribution in [2.45, 2.75) is 26.4 Å². The fourth-order valence-electron chi connectivity index (χ4n) is 1.80. The third-order valence-corrected chi connectivity index (χ3v) is 3.66. The first kappa shape index (κ1) is 13.2. The lowest BCUT2D eigenvalue weighted by molar-refractivity contribution is 0.566. The molecule has 2 nitrogen and oxygen atoms in total. The van der Waals surface area contributed by atoms with E-state index in [1.807, 2.05) is 19.2 Å². The van der Waals surface area contributed by atoms with Gasteiger partial charge in [-0.2, -0.15) is 0 Å². The van der Waals surface area contributed by atoms with Gasteiger partial charge in [-0.05, 0) is 37.1 Å². The number of pyridine rings is 1. The number of aromatic nitrogens is 1. The molecule has 0 aliphatic heterocycles. The Balaban J connectivity index is 1.98. The van der Waals surface area contributed by atoms with Crippen LogP contribution in [0, 0.1) is 6.92 Å². The van der Waals surface area contributed by atoms with Crippen LogP contribution in [0.4, 0.5) is 0 Å². The molecule has 1 N–H and O–H groups in total. The summed E-state index contributed by atoms with van der Waals surface area (Å²) in [7, 11) is 0. The van der Waals surface area contributed by atoms with Crippen LogP contribution in [-0.2, 0) is 6.54 Å². The second kappa shape index (κ2) is 6.12. The van der Waals surface area contributed by atoms with E-state index in [2.05, 4.69) is 63.5 Å². The summed E-state index contributed by atoms with van der Waals surface area (Å²) in [6.07, 6.45) is 1.90. The zero-order valence-corrected chi connectivity index (χ0v) is 12.2. The Morgan fingerprint density at radius 2 is 2.00 bits per heavy atom. The van der Waals surface area contributed by atoms with E-state index in [1.165, 1.54) is 11.1 Å². The van der Waals surface area contributed by atoms with E-state index in [-0.39, 0.29) is 0 Å². The normalized spacial score (nSPS) is 12.4. The van der Waals surface area contributed by atoms with Gasteiger partial charge in [0, 0.05) is 23.3 Å². The molecule has 0 aliphatic rings. The molecular formula is C15H17BrN2. The number of hydrogen-bond acceptors (Lipinski definition) is 2. The minimum absolute atomic E-state index is 0.295. The quantitative estimate of drug-likeness (QED) is 0.923. The van der Waals surface area contributed by atoms with Gasteiger partial charge in [-0.15, -0.1) is 0 Å². The average molecular weight is 305 g/mol. The van der Waals surface area contributed by atoms with Gasteiger partial charge in [-0.1, -0.05) is 40.2 Å². The maximum absolute atomic E-state index is 4.39. The van der Waals surface area contributed by atoms with E-state index in [4.69, 9.17) is 0 Å². The van der Waals surface area contributed by atoms with Crippen LogP contribution in [0.1, 0.15) is 29.8 Å². The zero-order chi connectivity index (χ0) is 13.0. The molecule has 0 amide bonds. The van der Waals surface area contributed by atoms with Crippen molar-refractivity contribution >= 4 is 15.9 Å². The molecule has 2 aromatic rings. The van der Waals surface area contributed by atoms with E-state index in [1.54, 1.807) is 0 Å². The summed E-state index contributed by atoms with van der Waals surface area (Å²) in [5, 5.41) is 3.48. The Morgan fingerprint density at radius 3 is 2.67 bits per heavy atom. The van der Waals surface area contributed by atoms with Gasteiger partial charge in [-0.25, -0.2) is 0 Å². The van der Waals surface area contributed by atoms with Crippen molar-refractivity contribution in [2.24, 2.45) is 0 Å². The van der Waals surface area contributed by atoms with Crippen LogP contribution < -0.4 is 5.32 Å². The number of aryl methyl sites for hydroxylation is 1. The van der Waals surface area contributed by atoms with E-state index >= 15 is 0 Å². The Kier molecular flexibility index (Phi) is 4.50. The van der Waals surface area contributed by atoms with E-state index < -0.39 is 0 Å². The fourth-order valence-corrected chi connectivity index (χ4v) is 2.43. The number of nitrogens with zero attached hydrogens (tertiary/aromatic N) is 1. The Bertz CT molecular complexity index is 508.